The van der Waals surface area contributed by atoms with Gasteiger partial charge in [0.05, 0.1) is 6.04 Å². The first-order chi connectivity index (χ1) is 8.99. The van der Waals surface area contributed by atoms with Crippen LogP contribution in [0.1, 0.15) is 19.4 Å². The van der Waals surface area contributed by atoms with Gasteiger partial charge in [0.1, 0.15) is 0 Å². The van der Waals surface area contributed by atoms with Crippen molar-refractivity contribution in [2.45, 2.75) is 26.4 Å². The second-order valence-electron chi connectivity index (χ2n) is 5.15. The van der Waals surface area contributed by atoms with E-state index >= 15 is 0 Å². The molecule has 1 heterocycles. The largest absolute Gasteiger partial charge is 0.454 e. The Morgan fingerprint density at radius 1 is 1.35 bits per heavy atom. The number of hydrogen-bond donors (Lipinski definition) is 1. The van der Waals surface area contributed by atoms with Crippen LogP contribution in [0.2, 0.25) is 0 Å². The normalized spacial score (nSPS) is 13.8. The highest BCUT2D eigenvalue weighted by Gasteiger charge is 2.21. The fourth-order valence-corrected chi connectivity index (χ4v) is 1.93. The third kappa shape index (κ3) is 3.55. The van der Waals surface area contributed by atoms with Gasteiger partial charge in [0.15, 0.2) is 11.5 Å². The highest BCUT2D eigenvalue weighted by atomic mass is 35.5. The van der Waals surface area contributed by atoms with E-state index in [-0.39, 0.29) is 31.0 Å². The molecular formula is C14H21ClN2O3. The first kappa shape index (κ1) is 16.6. The maximum absolute atomic E-state index is 12.1. The molecule has 1 aromatic rings. The van der Waals surface area contributed by atoms with Gasteiger partial charge in [0, 0.05) is 13.6 Å². The molecule has 1 amide bonds. The summed E-state index contributed by atoms with van der Waals surface area (Å²) in [5.41, 5.74) is 6.87. The number of rotatable bonds is 4. The monoisotopic (exact) mass is 300 g/mol. The van der Waals surface area contributed by atoms with Gasteiger partial charge in [-0.2, -0.15) is 0 Å². The highest BCUT2D eigenvalue weighted by molar-refractivity contribution is 5.85. The maximum Gasteiger partial charge on any atom is 0.239 e. The lowest BCUT2D eigenvalue weighted by Gasteiger charge is -2.23. The third-order valence-corrected chi connectivity index (χ3v) is 3.24. The van der Waals surface area contributed by atoms with Crippen LogP contribution in [0, 0.1) is 5.92 Å². The van der Waals surface area contributed by atoms with E-state index in [1.54, 1.807) is 11.9 Å². The van der Waals surface area contributed by atoms with Crippen molar-refractivity contribution in [1.82, 2.24) is 4.90 Å². The fraction of sp³-hybridized carbons (Fsp3) is 0.500. The molecule has 5 nitrogen and oxygen atoms in total. The smallest absolute Gasteiger partial charge is 0.239 e. The predicted molar refractivity (Wildman–Crippen MR) is 79.1 cm³/mol. The molecule has 0 unspecified atom stereocenters. The summed E-state index contributed by atoms with van der Waals surface area (Å²) >= 11 is 0. The molecule has 0 bridgehead atoms. The molecule has 2 rings (SSSR count). The number of likely N-dealkylation sites (N-methyl/N-ethyl adjacent to an activating group) is 1. The summed E-state index contributed by atoms with van der Waals surface area (Å²) in [6.07, 6.45) is 0. The summed E-state index contributed by atoms with van der Waals surface area (Å²) in [5.74, 6) is 1.56. The lowest BCUT2D eigenvalue weighted by molar-refractivity contribution is -0.132. The van der Waals surface area contributed by atoms with E-state index in [1.165, 1.54) is 0 Å². The van der Waals surface area contributed by atoms with Crippen LogP contribution >= 0.6 is 12.4 Å². The van der Waals surface area contributed by atoms with Crippen LogP contribution in [-0.2, 0) is 11.3 Å². The van der Waals surface area contributed by atoms with Crippen molar-refractivity contribution in [3.8, 4) is 11.5 Å². The zero-order valence-corrected chi connectivity index (χ0v) is 12.8. The van der Waals surface area contributed by atoms with Gasteiger partial charge in [-0.25, -0.2) is 0 Å². The summed E-state index contributed by atoms with van der Waals surface area (Å²) in [5, 5.41) is 0. The average Bonchev–Trinajstić information content (AvgIpc) is 2.84. The molecule has 6 heteroatoms. The van der Waals surface area contributed by atoms with Gasteiger partial charge in [0.25, 0.3) is 0 Å². The number of benzene rings is 1. The number of nitrogens with two attached hydrogens (primary N) is 1. The van der Waals surface area contributed by atoms with E-state index in [0.717, 1.165) is 17.1 Å². The Kier molecular flexibility index (Phi) is 5.65. The summed E-state index contributed by atoms with van der Waals surface area (Å²) in [6.45, 7) is 4.65. The topological polar surface area (TPSA) is 64.8 Å². The molecule has 0 saturated heterocycles. The van der Waals surface area contributed by atoms with Crippen molar-refractivity contribution in [3.05, 3.63) is 23.8 Å². The minimum absolute atomic E-state index is 0. The molecule has 0 aliphatic carbocycles. The summed E-state index contributed by atoms with van der Waals surface area (Å²) in [7, 11) is 1.76. The van der Waals surface area contributed by atoms with Crippen molar-refractivity contribution in [3.63, 3.8) is 0 Å². The number of ether oxygens (including phenoxy) is 2. The molecule has 0 saturated carbocycles. The van der Waals surface area contributed by atoms with E-state index in [2.05, 4.69) is 0 Å². The second kappa shape index (κ2) is 6.81. The van der Waals surface area contributed by atoms with Crippen LogP contribution in [0.15, 0.2) is 18.2 Å². The van der Waals surface area contributed by atoms with Crippen molar-refractivity contribution < 1.29 is 14.3 Å². The molecule has 20 heavy (non-hydrogen) atoms. The van der Waals surface area contributed by atoms with Crippen molar-refractivity contribution in [2.75, 3.05) is 13.8 Å². The molecule has 1 aromatic carbocycles. The number of nitrogens with zero attached hydrogens (tertiary/aromatic N) is 1. The molecule has 0 spiro atoms. The van der Waals surface area contributed by atoms with E-state index in [1.807, 2.05) is 32.0 Å². The lowest BCUT2D eigenvalue weighted by Crippen LogP contribution is -2.44. The van der Waals surface area contributed by atoms with Gasteiger partial charge in [-0.15, -0.1) is 12.4 Å². The molecule has 1 aliphatic rings. The molecule has 112 valence electrons. The van der Waals surface area contributed by atoms with Crippen LogP contribution in [0.25, 0.3) is 0 Å². The second-order valence-corrected chi connectivity index (χ2v) is 5.15. The van der Waals surface area contributed by atoms with Crippen LogP contribution in [0.4, 0.5) is 0 Å². The average molecular weight is 301 g/mol. The SMILES string of the molecule is CC(C)[C@@H](N)C(=O)N(C)Cc1ccc2c(c1)OCO2.Cl. The lowest BCUT2D eigenvalue weighted by atomic mass is 10.0. The van der Waals surface area contributed by atoms with Gasteiger partial charge in [-0.05, 0) is 23.6 Å². The molecule has 2 N–H and O–H groups in total. The van der Waals surface area contributed by atoms with Crippen LogP contribution < -0.4 is 15.2 Å². The van der Waals surface area contributed by atoms with E-state index < -0.39 is 6.04 Å². The zero-order chi connectivity index (χ0) is 14.0. The van der Waals surface area contributed by atoms with Crippen molar-refractivity contribution in [1.29, 1.82) is 0 Å². The van der Waals surface area contributed by atoms with E-state index in [4.69, 9.17) is 15.2 Å². The van der Waals surface area contributed by atoms with Crippen LogP contribution in [0.3, 0.4) is 0 Å². The number of carbonyl (C=O) groups excluding carboxylic acids is 1. The fourth-order valence-electron chi connectivity index (χ4n) is 1.93. The van der Waals surface area contributed by atoms with Crippen LogP contribution in [-0.4, -0.2) is 30.7 Å². The van der Waals surface area contributed by atoms with Crippen LogP contribution in [0.5, 0.6) is 11.5 Å². The Labute approximate surface area is 125 Å². The van der Waals surface area contributed by atoms with Gasteiger partial charge in [-0.1, -0.05) is 19.9 Å². The standard InChI is InChI=1S/C14H20N2O3.ClH/c1-9(2)13(15)14(17)16(3)7-10-4-5-11-12(6-10)19-8-18-11;/h4-6,9,13H,7-8,15H2,1-3H3;1H/t13-;/m1./s1. The molecule has 0 aromatic heterocycles. The molecule has 1 atom stereocenters. The molecular weight excluding hydrogens is 280 g/mol. The van der Waals surface area contributed by atoms with Gasteiger partial charge in [-0.3, -0.25) is 4.79 Å². The van der Waals surface area contributed by atoms with Crippen molar-refractivity contribution in [2.24, 2.45) is 11.7 Å². The van der Waals surface area contributed by atoms with Gasteiger partial charge in [0.2, 0.25) is 12.7 Å². The van der Waals surface area contributed by atoms with Gasteiger partial charge >= 0.3 is 0 Å². The van der Waals surface area contributed by atoms with Gasteiger partial charge < -0.3 is 20.1 Å². The Morgan fingerprint density at radius 3 is 2.65 bits per heavy atom. The summed E-state index contributed by atoms with van der Waals surface area (Å²) in [6, 6.07) is 5.22. The minimum Gasteiger partial charge on any atom is -0.454 e. The quantitative estimate of drug-likeness (QED) is 0.920. The maximum atomic E-state index is 12.1. The predicted octanol–water partition coefficient (Wildman–Crippen LogP) is 1.78. The minimum atomic E-state index is -0.459. The number of halogens is 1. The summed E-state index contributed by atoms with van der Waals surface area (Å²) < 4.78 is 10.6. The third-order valence-electron chi connectivity index (χ3n) is 3.24. The first-order valence-electron chi connectivity index (χ1n) is 6.38. The zero-order valence-electron chi connectivity index (χ0n) is 12.0. The number of amides is 1. The highest BCUT2D eigenvalue weighted by Crippen LogP contribution is 2.32. The molecule has 0 radical (unpaired) electrons. The van der Waals surface area contributed by atoms with E-state index in [9.17, 15) is 4.79 Å². The number of hydrogen-bond acceptors (Lipinski definition) is 4. The Morgan fingerprint density at radius 2 is 2.00 bits per heavy atom. The number of fused-ring (bicyclic) bond motifs is 1. The number of carbonyl (C=O) groups is 1. The molecule has 1 aliphatic heterocycles. The molecule has 0 fully saturated rings. The Hall–Kier alpha value is -1.46. The van der Waals surface area contributed by atoms with E-state index in [0.29, 0.717) is 6.54 Å². The Bertz CT molecular complexity index is 479. The van der Waals surface area contributed by atoms with Crippen molar-refractivity contribution >= 4 is 18.3 Å². The first-order valence-corrected chi connectivity index (χ1v) is 6.38. The summed E-state index contributed by atoms with van der Waals surface area (Å²) in [4.78, 5) is 13.7. The Balaban J connectivity index is 0.00000200.